The van der Waals surface area contributed by atoms with Gasteiger partial charge in [0.25, 0.3) is 0 Å². The van der Waals surface area contributed by atoms with Crippen LogP contribution in [0.1, 0.15) is 39.2 Å². The average Bonchev–Trinajstić information content (AvgIpc) is 2.54. The molecule has 0 aliphatic carbocycles. The lowest BCUT2D eigenvalue weighted by atomic mass is 9.96. The van der Waals surface area contributed by atoms with Gasteiger partial charge in [-0.25, -0.2) is 0 Å². The highest BCUT2D eigenvalue weighted by Gasteiger charge is 2.24. The van der Waals surface area contributed by atoms with Crippen LogP contribution in [-0.4, -0.2) is 31.8 Å². The number of rotatable bonds is 10. The molecule has 0 aromatic heterocycles. The summed E-state index contributed by atoms with van der Waals surface area (Å²) in [5, 5.41) is 0. The molecule has 0 N–H and O–H groups in total. The molecule has 5 heteroatoms. The smallest absolute Gasteiger partial charge is 0.309 e. The molecule has 1 aromatic carbocycles. The van der Waals surface area contributed by atoms with E-state index in [1.807, 2.05) is 31.2 Å². The normalized spacial score (nSPS) is 11.6. The van der Waals surface area contributed by atoms with Crippen LogP contribution >= 0.6 is 0 Å². The first-order valence-corrected chi connectivity index (χ1v) is 8.14. The van der Waals surface area contributed by atoms with Gasteiger partial charge in [0.15, 0.2) is 0 Å². The van der Waals surface area contributed by atoms with Crippen LogP contribution in [0.15, 0.2) is 24.3 Å². The minimum absolute atomic E-state index is 0.0285. The van der Waals surface area contributed by atoms with Crippen molar-refractivity contribution in [1.82, 2.24) is 0 Å². The van der Waals surface area contributed by atoms with Crippen LogP contribution in [0.2, 0.25) is 0 Å². The fraction of sp³-hybridized carbons (Fsp3) is 0.556. The molecule has 0 fully saturated rings. The van der Waals surface area contributed by atoms with Crippen molar-refractivity contribution in [2.45, 2.75) is 40.0 Å². The van der Waals surface area contributed by atoms with Crippen LogP contribution in [0.3, 0.4) is 0 Å². The Morgan fingerprint density at radius 1 is 1.00 bits per heavy atom. The lowest BCUT2D eigenvalue weighted by Crippen LogP contribution is -2.24. The van der Waals surface area contributed by atoms with E-state index >= 15 is 0 Å². The SMILES string of the molecule is CCCOc1ccc(CC(CC(=O)OCC)C(=O)OCC)cc1. The summed E-state index contributed by atoms with van der Waals surface area (Å²) in [5.41, 5.74) is 0.955. The van der Waals surface area contributed by atoms with Crippen molar-refractivity contribution in [3.05, 3.63) is 29.8 Å². The van der Waals surface area contributed by atoms with Gasteiger partial charge in [0.05, 0.1) is 32.2 Å². The molecule has 23 heavy (non-hydrogen) atoms. The molecular formula is C18H26O5. The highest BCUT2D eigenvalue weighted by atomic mass is 16.5. The number of esters is 2. The molecule has 0 saturated carbocycles. The van der Waals surface area contributed by atoms with Crippen LogP contribution < -0.4 is 4.74 Å². The van der Waals surface area contributed by atoms with Gasteiger partial charge in [-0.05, 0) is 44.4 Å². The molecule has 1 rings (SSSR count). The van der Waals surface area contributed by atoms with E-state index in [0.29, 0.717) is 26.2 Å². The predicted octanol–water partition coefficient (Wildman–Crippen LogP) is 3.15. The minimum atomic E-state index is -0.531. The molecule has 0 amide bonds. The second-order valence-electron chi connectivity index (χ2n) is 5.15. The van der Waals surface area contributed by atoms with Gasteiger partial charge >= 0.3 is 11.9 Å². The number of carbonyl (C=O) groups is 2. The highest BCUT2D eigenvalue weighted by Crippen LogP contribution is 2.18. The Kier molecular flexibility index (Phi) is 8.80. The van der Waals surface area contributed by atoms with Crippen LogP contribution in [0.4, 0.5) is 0 Å². The molecule has 0 spiro atoms. The third-order valence-electron chi connectivity index (χ3n) is 3.22. The second kappa shape index (κ2) is 10.6. The van der Waals surface area contributed by atoms with Gasteiger partial charge in [-0.3, -0.25) is 9.59 Å². The summed E-state index contributed by atoms with van der Waals surface area (Å²) < 4.78 is 15.5. The summed E-state index contributed by atoms with van der Waals surface area (Å²) in [4.78, 5) is 23.7. The number of ether oxygens (including phenoxy) is 3. The van der Waals surface area contributed by atoms with Crippen LogP contribution in [0.5, 0.6) is 5.75 Å². The fourth-order valence-electron chi connectivity index (χ4n) is 2.15. The molecule has 0 aliphatic heterocycles. The quantitative estimate of drug-likeness (QED) is 0.619. The van der Waals surface area contributed by atoms with Crippen molar-refractivity contribution < 1.29 is 23.8 Å². The zero-order valence-corrected chi connectivity index (χ0v) is 14.2. The van der Waals surface area contributed by atoms with Crippen LogP contribution in [-0.2, 0) is 25.5 Å². The highest BCUT2D eigenvalue weighted by molar-refractivity contribution is 5.80. The van der Waals surface area contributed by atoms with Gasteiger partial charge in [0.2, 0.25) is 0 Å². The van der Waals surface area contributed by atoms with Crippen molar-refractivity contribution in [1.29, 1.82) is 0 Å². The molecule has 128 valence electrons. The molecule has 0 heterocycles. The third kappa shape index (κ3) is 7.17. The standard InChI is InChI=1S/C18H26O5/c1-4-11-23-16-9-7-14(8-10-16)12-15(18(20)22-6-3)13-17(19)21-5-2/h7-10,15H,4-6,11-13H2,1-3H3. The van der Waals surface area contributed by atoms with Crippen LogP contribution in [0.25, 0.3) is 0 Å². The summed E-state index contributed by atoms with van der Waals surface area (Å²) in [6.07, 6.45) is 1.42. The van der Waals surface area contributed by atoms with E-state index in [4.69, 9.17) is 14.2 Å². The number of hydrogen-bond acceptors (Lipinski definition) is 5. The van der Waals surface area contributed by atoms with Crippen LogP contribution in [0, 0.1) is 5.92 Å². The maximum Gasteiger partial charge on any atom is 0.309 e. The lowest BCUT2D eigenvalue weighted by molar-refractivity contribution is -0.154. The van der Waals surface area contributed by atoms with Crippen molar-refractivity contribution in [3.8, 4) is 5.75 Å². The maximum absolute atomic E-state index is 12.0. The fourth-order valence-corrected chi connectivity index (χ4v) is 2.15. The molecule has 0 bridgehead atoms. The van der Waals surface area contributed by atoms with Crippen molar-refractivity contribution in [2.75, 3.05) is 19.8 Å². The largest absolute Gasteiger partial charge is 0.494 e. The molecule has 0 radical (unpaired) electrons. The van der Waals surface area contributed by atoms with E-state index in [-0.39, 0.29) is 18.4 Å². The first-order valence-electron chi connectivity index (χ1n) is 8.14. The summed E-state index contributed by atoms with van der Waals surface area (Å²) in [5.74, 6) is -0.481. The Bertz CT molecular complexity index is 481. The van der Waals surface area contributed by atoms with E-state index in [9.17, 15) is 9.59 Å². The Hall–Kier alpha value is -2.04. The summed E-state index contributed by atoms with van der Waals surface area (Å²) in [7, 11) is 0. The van der Waals surface area contributed by atoms with E-state index in [1.54, 1.807) is 13.8 Å². The number of hydrogen-bond donors (Lipinski definition) is 0. The molecule has 1 atom stereocenters. The predicted molar refractivity (Wildman–Crippen MR) is 87.3 cm³/mol. The van der Waals surface area contributed by atoms with Crippen molar-refractivity contribution in [3.63, 3.8) is 0 Å². The number of benzene rings is 1. The van der Waals surface area contributed by atoms with Crippen molar-refractivity contribution in [2.24, 2.45) is 5.92 Å². The van der Waals surface area contributed by atoms with E-state index in [2.05, 4.69) is 0 Å². The maximum atomic E-state index is 12.0. The van der Waals surface area contributed by atoms with Gasteiger partial charge in [0, 0.05) is 0 Å². The van der Waals surface area contributed by atoms with E-state index in [1.165, 1.54) is 0 Å². The average molecular weight is 322 g/mol. The van der Waals surface area contributed by atoms with Gasteiger partial charge in [-0.1, -0.05) is 19.1 Å². The summed E-state index contributed by atoms with van der Waals surface area (Å²) >= 11 is 0. The van der Waals surface area contributed by atoms with Gasteiger partial charge < -0.3 is 14.2 Å². The van der Waals surface area contributed by atoms with E-state index < -0.39 is 5.92 Å². The second-order valence-corrected chi connectivity index (χ2v) is 5.15. The minimum Gasteiger partial charge on any atom is -0.494 e. The monoisotopic (exact) mass is 322 g/mol. The van der Waals surface area contributed by atoms with Crippen molar-refractivity contribution >= 4 is 11.9 Å². The summed E-state index contributed by atoms with van der Waals surface area (Å²) in [6.45, 7) is 6.81. The van der Waals surface area contributed by atoms with Gasteiger partial charge in [-0.15, -0.1) is 0 Å². The Labute approximate surface area is 137 Å². The zero-order chi connectivity index (χ0) is 17.1. The van der Waals surface area contributed by atoms with E-state index in [0.717, 1.165) is 17.7 Å². The summed E-state index contributed by atoms with van der Waals surface area (Å²) in [6, 6.07) is 7.56. The first-order chi connectivity index (χ1) is 11.1. The molecular weight excluding hydrogens is 296 g/mol. The molecule has 1 aromatic rings. The Morgan fingerprint density at radius 3 is 2.22 bits per heavy atom. The third-order valence-corrected chi connectivity index (χ3v) is 3.22. The molecule has 1 unspecified atom stereocenters. The number of carbonyl (C=O) groups excluding carboxylic acids is 2. The Balaban J connectivity index is 2.71. The zero-order valence-electron chi connectivity index (χ0n) is 14.2. The molecule has 0 saturated heterocycles. The Morgan fingerprint density at radius 2 is 1.65 bits per heavy atom. The molecule has 0 aliphatic rings. The molecule has 5 nitrogen and oxygen atoms in total. The topological polar surface area (TPSA) is 61.8 Å². The first kappa shape index (κ1) is 19.0. The van der Waals surface area contributed by atoms with Gasteiger partial charge in [-0.2, -0.15) is 0 Å². The lowest BCUT2D eigenvalue weighted by Gasteiger charge is -2.15. The van der Waals surface area contributed by atoms with Gasteiger partial charge in [0.1, 0.15) is 5.75 Å².